The number of nitro benzene ring substituents is 1. The highest BCUT2D eigenvalue weighted by Crippen LogP contribution is 2.36. The largest absolute Gasteiger partial charge is 0.493 e. The molecule has 0 bridgehead atoms. The lowest BCUT2D eigenvalue weighted by molar-refractivity contribution is -0.386. The summed E-state index contributed by atoms with van der Waals surface area (Å²) in [5.41, 5.74) is -0.839. The molecule has 0 amide bonds. The average Bonchev–Trinajstić information content (AvgIpc) is 3.42. The first kappa shape index (κ1) is 24.4. The van der Waals surface area contributed by atoms with Crippen molar-refractivity contribution in [1.29, 1.82) is 0 Å². The Morgan fingerprint density at radius 2 is 1.88 bits per heavy atom. The first-order chi connectivity index (χ1) is 15.5. The summed E-state index contributed by atoms with van der Waals surface area (Å²) in [7, 11) is -1.14. The number of alkyl halides is 2. The molecule has 1 aliphatic rings. The van der Waals surface area contributed by atoms with Crippen LogP contribution in [0.15, 0.2) is 29.3 Å². The van der Waals surface area contributed by atoms with Crippen LogP contribution in [0.25, 0.3) is 0 Å². The van der Waals surface area contributed by atoms with Crippen LogP contribution in [0.4, 0.5) is 14.5 Å². The molecular formula is C19H21F2N3O8S. The molecule has 1 fully saturated rings. The quantitative estimate of drug-likeness (QED) is 0.299. The highest BCUT2D eigenvalue weighted by atomic mass is 32.2. The Hall–Kier alpha value is -3.26. The Morgan fingerprint density at radius 1 is 1.21 bits per heavy atom. The fraction of sp³-hybridized carbons (Fsp3) is 0.421. The van der Waals surface area contributed by atoms with E-state index in [1.54, 1.807) is 0 Å². The van der Waals surface area contributed by atoms with Gasteiger partial charge in [0, 0.05) is 26.3 Å². The predicted molar refractivity (Wildman–Crippen MR) is 109 cm³/mol. The van der Waals surface area contributed by atoms with Gasteiger partial charge in [0.05, 0.1) is 23.7 Å². The van der Waals surface area contributed by atoms with E-state index in [0.717, 1.165) is 32.1 Å². The first-order valence-corrected chi connectivity index (χ1v) is 11.1. The van der Waals surface area contributed by atoms with Gasteiger partial charge in [-0.25, -0.2) is 13.2 Å². The van der Waals surface area contributed by atoms with Crippen molar-refractivity contribution in [2.45, 2.75) is 31.0 Å². The molecule has 2 aromatic rings. The lowest BCUT2D eigenvalue weighted by atomic mass is 10.1. The number of hydrogen-bond donors (Lipinski definition) is 0. The standard InChI is InChI=1S/C19H21F2N3O8S/c1-22-10-13(33(28,29)23-5-3-4-6-23)8-15(22)18(25)31-11-12-7-16(30-2)17(32-19(20)21)9-14(12)24(26)27/h7-10,19H,3-6,11H2,1-2H3. The van der Waals surface area contributed by atoms with Crippen molar-refractivity contribution in [1.82, 2.24) is 8.87 Å². The molecule has 0 spiro atoms. The third-order valence-electron chi connectivity index (χ3n) is 5.03. The van der Waals surface area contributed by atoms with Crippen molar-refractivity contribution in [3.63, 3.8) is 0 Å². The molecule has 180 valence electrons. The molecule has 2 heterocycles. The van der Waals surface area contributed by atoms with E-state index in [2.05, 4.69) is 4.74 Å². The van der Waals surface area contributed by atoms with Crippen molar-refractivity contribution in [3.8, 4) is 11.5 Å². The van der Waals surface area contributed by atoms with Crippen LogP contribution in [0.3, 0.4) is 0 Å². The number of sulfonamides is 1. The lowest BCUT2D eigenvalue weighted by Gasteiger charge is -2.13. The van der Waals surface area contributed by atoms with Gasteiger partial charge in [0.1, 0.15) is 17.2 Å². The van der Waals surface area contributed by atoms with Gasteiger partial charge in [-0.1, -0.05) is 0 Å². The molecule has 0 unspecified atom stereocenters. The molecule has 0 saturated carbocycles. The molecule has 1 aromatic carbocycles. The number of aromatic nitrogens is 1. The Kier molecular flexibility index (Phi) is 7.17. The van der Waals surface area contributed by atoms with Crippen LogP contribution in [-0.4, -0.2) is 55.0 Å². The number of methoxy groups -OCH3 is 1. The van der Waals surface area contributed by atoms with Crippen LogP contribution in [0.2, 0.25) is 0 Å². The van der Waals surface area contributed by atoms with Gasteiger partial charge >= 0.3 is 12.6 Å². The summed E-state index contributed by atoms with van der Waals surface area (Å²) in [6.07, 6.45) is 2.79. The SMILES string of the molecule is COc1cc(COC(=O)c2cc(S(=O)(=O)N3CCCC3)cn2C)c([N+](=O)[O-])cc1OC(F)F. The number of nitrogens with zero attached hydrogens (tertiary/aromatic N) is 3. The van der Waals surface area contributed by atoms with Crippen LogP contribution < -0.4 is 9.47 Å². The van der Waals surface area contributed by atoms with E-state index in [1.807, 2.05) is 0 Å². The van der Waals surface area contributed by atoms with E-state index in [1.165, 1.54) is 28.2 Å². The molecule has 0 atom stereocenters. The second kappa shape index (κ2) is 9.70. The van der Waals surface area contributed by atoms with Crippen molar-refractivity contribution in [2.75, 3.05) is 20.2 Å². The molecular weight excluding hydrogens is 468 g/mol. The summed E-state index contributed by atoms with van der Waals surface area (Å²) in [5, 5.41) is 11.4. The van der Waals surface area contributed by atoms with Crippen molar-refractivity contribution in [3.05, 3.63) is 45.8 Å². The zero-order chi connectivity index (χ0) is 24.3. The molecule has 0 radical (unpaired) electrons. The Morgan fingerprint density at radius 3 is 2.45 bits per heavy atom. The van der Waals surface area contributed by atoms with Gasteiger partial charge in [-0.3, -0.25) is 10.1 Å². The number of carbonyl (C=O) groups excluding carboxylic acids is 1. The number of benzene rings is 1. The maximum absolute atomic E-state index is 12.7. The fourth-order valence-corrected chi connectivity index (χ4v) is 4.99. The molecule has 14 heteroatoms. The van der Waals surface area contributed by atoms with E-state index < -0.39 is 45.6 Å². The number of hydrogen-bond acceptors (Lipinski definition) is 8. The number of ether oxygens (including phenoxy) is 3. The van der Waals surface area contributed by atoms with Crippen molar-refractivity contribution >= 4 is 21.7 Å². The molecule has 0 aliphatic carbocycles. The van der Waals surface area contributed by atoms with E-state index in [9.17, 15) is 32.1 Å². The minimum atomic E-state index is -3.76. The molecule has 1 aliphatic heterocycles. The smallest absolute Gasteiger partial charge is 0.387 e. The zero-order valence-electron chi connectivity index (χ0n) is 17.7. The number of halogens is 2. The summed E-state index contributed by atoms with van der Waals surface area (Å²) in [5.74, 6) is -1.69. The van der Waals surface area contributed by atoms with E-state index in [0.29, 0.717) is 13.1 Å². The van der Waals surface area contributed by atoms with Gasteiger partial charge in [-0.2, -0.15) is 13.1 Å². The highest BCUT2D eigenvalue weighted by molar-refractivity contribution is 7.89. The Balaban J connectivity index is 1.82. The molecule has 11 nitrogen and oxygen atoms in total. The van der Waals surface area contributed by atoms with E-state index in [4.69, 9.17) is 9.47 Å². The molecule has 3 rings (SSSR count). The number of aryl methyl sites for hydroxylation is 1. The van der Waals surface area contributed by atoms with Crippen molar-refractivity contribution in [2.24, 2.45) is 7.05 Å². The van der Waals surface area contributed by atoms with Gasteiger partial charge in [0.15, 0.2) is 11.5 Å². The van der Waals surface area contributed by atoms with E-state index >= 15 is 0 Å². The monoisotopic (exact) mass is 489 g/mol. The number of rotatable bonds is 9. The van der Waals surface area contributed by atoms with Crippen LogP contribution in [-0.2, 0) is 28.4 Å². The zero-order valence-corrected chi connectivity index (χ0v) is 18.5. The number of carbonyl (C=O) groups is 1. The number of nitro groups is 1. The summed E-state index contributed by atoms with van der Waals surface area (Å²) in [6.45, 7) is -3.04. The van der Waals surface area contributed by atoms with Gasteiger partial charge < -0.3 is 18.8 Å². The summed E-state index contributed by atoms with van der Waals surface area (Å²) in [6, 6.07) is 2.97. The fourth-order valence-electron chi connectivity index (χ4n) is 3.40. The minimum absolute atomic E-state index is 0.0694. The third kappa shape index (κ3) is 5.22. The predicted octanol–water partition coefficient (Wildman–Crippen LogP) is 2.68. The van der Waals surface area contributed by atoms with Crippen LogP contribution >= 0.6 is 0 Å². The molecule has 1 aromatic heterocycles. The summed E-state index contributed by atoms with van der Waals surface area (Å²) < 4.78 is 67.5. The van der Waals surface area contributed by atoms with Crippen LogP contribution in [0.5, 0.6) is 11.5 Å². The first-order valence-electron chi connectivity index (χ1n) is 9.68. The maximum Gasteiger partial charge on any atom is 0.387 e. The second-order valence-electron chi connectivity index (χ2n) is 7.13. The maximum atomic E-state index is 12.7. The second-order valence-corrected chi connectivity index (χ2v) is 9.06. The van der Waals surface area contributed by atoms with Gasteiger partial charge in [-0.15, -0.1) is 0 Å². The third-order valence-corrected chi connectivity index (χ3v) is 6.89. The van der Waals surface area contributed by atoms with Crippen LogP contribution in [0, 0.1) is 10.1 Å². The van der Waals surface area contributed by atoms with Gasteiger partial charge in [0.25, 0.3) is 5.69 Å². The lowest BCUT2D eigenvalue weighted by Crippen LogP contribution is -2.27. The summed E-state index contributed by atoms with van der Waals surface area (Å²) >= 11 is 0. The number of esters is 1. The molecule has 0 N–H and O–H groups in total. The van der Waals surface area contributed by atoms with E-state index in [-0.39, 0.29) is 21.9 Å². The topological polar surface area (TPSA) is 130 Å². The minimum Gasteiger partial charge on any atom is -0.493 e. The van der Waals surface area contributed by atoms with Gasteiger partial charge in [0.2, 0.25) is 10.0 Å². The van der Waals surface area contributed by atoms with Crippen LogP contribution in [0.1, 0.15) is 28.9 Å². The van der Waals surface area contributed by atoms with Gasteiger partial charge in [-0.05, 0) is 25.0 Å². The normalized spacial score (nSPS) is 14.5. The average molecular weight is 489 g/mol. The Labute approximate surface area is 187 Å². The van der Waals surface area contributed by atoms with Crippen molar-refractivity contribution < 1.29 is 41.1 Å². The molecule has 33 heavy (non-hydrogen) atoms. The summed E-state index contributed by atoms with van der Waals surface area (Å²) in [4.78, 5) is 23.0. The highest BCUT2D eigenvalue weighted by Gasteiger charge is 2.30. The molecule has 1 saturated heterocycles. The Bertz CT molecular complexity index is 1160.